The van der Waals surface area contributed by atoms with Gasteiger partial charge in [0.2, 0.25) is 0 Å². The second-order valence-electron chi connectivity index (χ2n) is 4.76. The zero-order valence-electron chi connectivity index (χ0n) is 12.1. The fourth-order valence-electron chi connectivity index (χ4n) is 1.84. The van der Waals surface area contributed by atoms with Crippen molar-refractivity contribution in [3.05, 3.63) is 35.4 Å². The quantitative estimate of drug-likeness (QED) is 0.581. The van der Waals surface area contributed by atoms with Crippen LogP contribution in [-0.4, -0.2) is 19.7 Å². The molecule has 3 nitrogen and oxygen atoms in total. The summed E-state index contributed by atoms with van der Waals surface area (Å²) in [6.07, 6.45) is 4.15. The van der Waals surface area contributed by atoms with Crippen LogP contribution in [-0.2, 0) is 16.0 Å². The van der Waals surface area contributed by atoms with Gasteiger partial charge < -0.3 is 9.47 Å². The molecular weight excluding hydrogens is 240 g/mol. The van der Waals surface area contributed by atoms with Gasteiger partial charge in [0.15, 0.2) is 0 Å². The van der Waals surface area contributed by atoms with Gasteiger partial charge in [-0.1, -0.05) is 26.0 Å². The summed E-state index contributed by atoms with van der Waals surface area (Å²) in [5.41, 5.74) is 2.11. The highest BCUT2D eigenvalue weighted by molar-refractivity contribution is 5.87. The molecule has 0 heterocycles. The van der Waals surface area contributed by atoms with Crippen LogP contribution < -0.4 is 4.74 Å². The molecule has 3 heteroatoms. The maximum Gasteiger partial charge on any atom is 0.330 e. The van der Waals surface area contributed by atoms with Crippen molar-refractivity contribution < 1.29 is 14.3 Å². The van der Waals surface area contributed by atoms with Crippen LogP contribution in [0.4, 0.5) is 0 Å². The maximum atomic E-state index is 11.3. The van der Waals surface area contributed by atoms with Crippen molar-refractivity contribution in [2.24, 2.45) is 5.92 Å². The van der Waals surface area contributed by atoms with Crippen LogP contribution >= 0.6 is 0 Å². The number of carbonyl (C=O) groups excluding carboxylic acids is 1. The molecule has 0 saturated carbocycles. The molecule has 104 valence electrons. The second-order valence-corrected chi connectivity index (χ2v) is 4.76. The van der Waals surface area contributed by atoms with E-state index in [1.165, 1.54) is 11.6 Å². The van der Waals surface area contributed by atoms with Crippen molar-refractivity contribution in [2.75, 3.05) is 13.7 Å². The summed E-state index contributed by atoms with van der Waals surface area (Å²) in [5.74, 6) is 1.04. The Morgan fingerprint density at radius 2 is 2.11 bits per heavy atom. The largest absolute Gasteiger partial charge is 0.496 e. The topological polar surface area (TPSA) is 35.5 Å². The normalized spacial score (nSPS) is 11.0. The smallest absolute Gasteiger partial charge is 0.330 e. The maximum absolute atomic E-state index is 11.3. The first-order chi connectivity index (χ1) is 9.06. The minimum absolute atomic E-state index is 0.337. The van der Waals surface area contributed by atoms with Crippen LogP contribution in [0.5, 0.6) is 5.75 Å². The van der Waals surface area contributed by atoms with Gasteiger partial charge in [0.1, 0.15) is 5.75 Å². The van der Waals surface area contributed by atoms with Gasteiger partial charge in [-0.2, -0.15) is 0 Å². The lowest BCUT2D eigenvalue weighted by molar-refractivity contribution is -0.137. The van der Waals surface area contributed by atoms with E-state index in [2.05, 4.69) is 19.9 Å². The molecule has 0 unspecified atom stereocenters. The van der Waals surface area contributed by atoms with E-state index in [1.54, 1.807) is 20.1 Å². The SMILES string of the molecule is CCOC(=O)/C=C/c1ccc(CC(C)C)cc1OC. The summed E-state index contributed by atoms with van der Waals surface area (Å²) < 4.78 is 10.2. The fourth-order valence-corrected chi connectivity index (χ4v) is 1.84. The summed E-state index contributed by atoms with van der Waals surface area (Å²) in [7, 11) is 1.64. The Kier molecular flexibility index (Phi) is 6.13. The Hall–Kier alpha value is -1.77. The Balaban J connectivity index is 2.87. The highest BCUT2D eigenvalue weighted by Gasteiger charge is 2.04. The van der Waals surface area contributed by atoms with Gasteiger partial charge in [0.25, 0.3) is 0 Å². The van der Waals surface area contributed by atoms with Gasteiger partial charge in [-0.15, -0.1) is 0 Å². The lowest BCUT2D eigenvalue weighted by Crippen LogP contribution is -1.99. The van der Waals surface area contributed by atoms with Crippen molar-refractivity contribution in [2.45, 2.75) is 27.2 Å². The van der Waals surface area contributed by atoms with Crippen molar-refractivity contribution >= 4 is 12.0 Å². The Bertz CT molecular complexity index is 447. The molecule has 0 N–H and O–H groups in total. The molecule has 1 aromatic rings. The number of ether oxygens (including phenoxy) is 2. The molecule has 0 saturated heterocycles. The lowest BCUT2D eigenvalue weighted by atomic mass is 10.0. The van der Waals surface area contributed by atoms with Crippen molar-refractivity contribution in [3.63, 3.8) is 0 Å². The third-order valence-electron chi connectivity index (χ3n) is 2.63. The Morgan fingerprint density at radius 3 is 2.68 bits per heavy atom. The number of rotatable bonds is 6. The van der Waals surface area contributed by atoms with E-state index in [1.807, 2.05) is 12.1 Å². The summed E-state index contributed by atoms with van der Waals surface area (Å²) in [6, 6.07) is 6.05. The predicted molar refractivity (Wildman–Crippen MR) is 77.2 cm³/mol. The monoisotopic (exact) mass is 262 g/mol. The van der Waals surface area contributed by atoms with Gasteiger partial charge in [-0.05, 0) is 37.0 Å². The van der Waals surface area contributed by atoms with Crippen LogP contribution in [0, 0.1) is 5.92 Å². The average Bonchev–Trinajstić information content (AvgIpc) is 2.36. The van der Waals surface area contributed by atoms with Crippen LogP contribution in [0.2, 0.25) is 0 Å². The van der Waals surface area contributed by atoms with E-state index < -0.39 is 0 Å². The molecule has 19 heavy (non-hydrogen) atoms. The van der Waals surface area contributed by atoms with Crippen molar-refractivity contribution in [1.29, 1.82) is 0 Å². The van der Waals surface area contributed by atoms with E-state index in [0.29, 0.717) is 12.5 Å². The summed E-state index contributed by atoms with van der Waals surface area (Å²) >= 11 is 0. The van der Waals surface area contributed by atoms with Crippen molar-refractivity contribution in [1.82, 2.24) is 0 Å². The first kappa shape index (κ1) is 15.3. The third-order valence-corrected chi connectivity index (χ3v) is 2.63. The van der Waals surface area contributed by atoms with Gasteiger partial charge in [-0.3, -0.25) is 0 Å². The molecule has 0 radical (unpaired) electrons. The summed E-state index contributed by atoms with van der Waals surface area (Å²) in [4.78, 5) is 11.3. The molecule has 0 aliphatic carbocycles. The van der Waals surface area contributed by atoms with Gasteiger partial charge >= 0.3 is 5.97 Å². The minimum Gasteiger partial charge on any atom is -0.496 e. The number of carbonyl (C=O) groups is 1. The molecule has 0 aliphatic rings. The fraction of sp³-hybridized carbons (Fsp3) is 0.438. The van der Waals surface area contributed by atoms with Gasteiger partial charge in [0.05, 0.1) is 13.7 Å². The number of methoxy groups -OCH3 is 1. The molecule has 0 bridgehead atoms. The summed E-state index contributed by atoms with van der Waals surface area (Å²) in [5, 5.41) is 0. The van der Waals surface area contributed by atoms with Crippen LogP contribution in [0.1, 0.15) is 31.9 Å². The standard InChI is InChI=1S/C16H22O3/c1-5-19-16(17)9-8-14-7-6-13(10-12(2)3)11-15(14)18-4/h6-9,11-12H,5,10H2,1-4H3/b9-8+. The molecule has 0 aliphatic heterocycles. The van der Waals surface area contributed by atoms with Crippen LogP contribution in [0.15, 0.2) is 24.3 Å². The first-order valence-electron chi connectivity index (χ1n) is 6.58. The zero-order chi connectivity index (χ0) is 14.3. The second kappa shape index (κ2) is 7.62. The third kappa shape index (κ3) is 5.16. The number of hydrogen-bond acceptors (Lipinski definition) is 3. The Labute approximate surface area is 115 Å². The van der Waals surface area contributed by atoms with E-state index in [0.717, 1.165) is 17.7 Å². The predicted octanol–water partition coefficient (Wildman–Crippen LogP) is 3.47. The van der Waals surface area contributed by atoms with E-state index in [-0.39, 0.29) is 5.97 Å². The van der Waals surface area contributed by atoms with E-state index >= 15 is 0 Å². The molecule has 0 spiro atoms. The average molecular weight is 262 g/mol. The Morgan fingerprint density at radius 1 is 1.37 bits per heavy atom. The van der Waals surface area contributed by atoms with Crippen molar-refractivity contribution in [3.8, 4) is 5.75 Å². The summed E-state index contributed by atoms with van der Waals surface area (Å²) in [6.45, 7) is 6.53. The van der Waals surface area contributed by atoms with Gasteiger partial charge in [-0.25, -0.2) is 4.79 Å². The van der Waals surface area contributed by atoms with Crippen LogP contribution in [0.3, 0.4) is 0 Å². The molecule has 1 rings (SSSR count). The zero-order valence-corrected chi connectivity index (χ0v) is 12.1. The van der Waals surface area contributed by atoms with E-state index in [9.17, 15) is 4.79 Å². The highest BCUT2D eigenvalue weighted by atomic mass is 16.5. The minimum atomic E-state index is -0.337. The molecule has 0 aromatic heterocycles. The molecule has 0 atom stereocenters. The lowest BCUT2D eigenvalue weighted by Gasteiger charge is -2.09. The molecule has 0 fully saturated rings. The molecule has 1 aromatic carbocycles. The number of esters is 1. The number of benzene rings is 1. The number of hydrogen-bond donors (Lipinski definition) is 0. The van der Waals surface area contributed by atoms with E-state index in [4.69, 9.17) is 9.47 Å². The molecular formula is C16H22O3. The van der Waals surface area contributed by atoms with Gasteiger partial charge in [0, 0.05) is 11.6 Å². The first-order valence-corrected chi connectivity index (χ1v) is 6.58. The van der Waals surface area contributed by atoms with Crippen LogP contribution in [0.25, 0.3) is 6.08 Å². The molecule has 0 amide bonds. The highest BCUT2D eigenvalue weighted by Crippen LogP contribution is 2.23.